The van der Waals surface area contributed by atoms with E-state index in [9.17, 15) is 5.26 Å². The molecule has 3 heteroatoms. The van der Waals surface area contributed by atoms with Crippen molar-refractivity contribution in [2.45, 2.75) is 6.92 Å². The second kappa shape index (κ2) is 6.61. The number of benzene rings is 3. The Labute approximate surface area is 169 Å². The van der Waals surface area contributed by atoms with Crippen LogP contribution in [0.1, 0.15) is 11.1 Å². The van der Waals surface area contributed by atoms with E-state index in [0.717, 1.165) is 49.9 Å². The fraction of sp³-hybridized carbons (Fsp3) is 0.0769. The van der Waals surface area contributed by atoms with Crippen LogP contribution in [0.4, 0.5) is 0 Å². The van der Waals surface area contributed by atoms with Crippen molar-refractivity contribution in [2.75, 3.05) is 0 Å². The Morgan fingerprint density at radius 3 is 2.45 bits per heavy atom. The summed E-state index contributed by atoms with van der Waals surface area (Å²) < 4.78 is 8.51. The van der Waals surface area contributed by atoms with E-state index in [0.29, 0.717) is 5.56 Å². The summed E-state index contributed by atoms with van der Waals surface area (Å²) in [6.45, 7) is 2.09. The van der Waals surface area contributed by atoms with Crippen LogP contribution in [0.5, 0.6) is 0 Å². The van der Waals surface area contributed by atoms with Crippen molar-refractivity contribution in [2.24, 2.45) is 7.05 Å². The molecule has 0 spiro atoms. The number of aryl methyl sites for hydroxylation is 2. The van der Waals surface area contributed by atoms with Gasteiger partial charge in [-0.3, -0.25) is 0 Å². The highest BCUT2D eigenvalue weighted by Gasteiger charge is 2.21. The number of fused-ring (bicyclic) bond motifs is 3. The van der Waals surface area contributed by atoms with E-state index in [1.54, 1.807) is 0 Å². The monoisotopic (exact) mass is 375 g/mol. The smallest absolute Gasteiger partial charge is 0.216 e. The topological polar surface area (TPSA) is 40.8 Å². The van der Waals surface area contributed by atoms with Crippen LogP contribution >= 0.6 is 0 Å². The standard InChI is InChI=1S/C26H19N2O/c1-17-11-12-21-25-20(16-27)14-19(18-8-4-3-5-9-18)15-23(25)29-26(21)24(17)22-10-6-7-13-28(22)2/h3-15H,1-2H3/q+1. The number of hydrogen-bond acceptors (Lipinski definition) is 2. The van der Waals surface area contributed by atoms with Gasteiger partial charge in [0.15, 0.2) is 6.20 Å². The molecule has 138 valence electrons. The van der Waals surface area contributed by atoms with Gasteiger partial charge in [-0.15, -0.1) is 0 Å². The van der Waals surface area contributed by atoms with Gasteiger partial charge in [-0.25, -0.2) is 4.57 Å². The van der Waals surface area contributed by atoms with Gasteiger partial charge in [0, 0.05) is 22.9 Å². The van der Waals surface area contributed by atoms with Crippen molar-refractivity contribution >= 4 is 21.9 Å². The average molecular weight is 375 g/mol. The molecule has 0 radical (unpaired) electrons. The quantitative estimate of drug-likeness (QED) is 0.359. The number of aromatic nitrogens is 1. The lowest BCUT2D eigenvalue weighted by atomic mass is 9.97. The van der Waals surface area contributed by atoms with E-state index in [2.05, 4.69) is 35.8 Å². The molecule has 0 saturated heterocycles. The van der Waals surface area contributed by atoms with Crippen LogP contribution in [-0.4, -0.2) is 0 Å². The number of pyridine rings is 1. The fourth-order valence-corrected chi connectivity index (χ4v) is 4.05. The fourth-order valence-electron chi connectivity index (χ4n) is 4.05. The highest BCUT2D eigenvalue weighted by Crippen LogP contribution is 2.39. The van der Waals surface area contributed by atoms with Crippen LogP contribution in [0.2, 0.25) is 0 Å². The van der Waals surface area contributed by atoms with Gasteiger partial charge >= 0.3 is 0 Å². The summed E-state index contributed by atoms with van der Waals surface area (Å²) in [7, 11) is 2.03. The molecule has 29 heavy (non-hydrogen) atoms. The van der Waals surface area contributed by atoms with Gasteiger partial charge in [-0.05, 0) is 41.8 Å². The van der Waals surface area contributed by atoms with Crippen molar-refractivity contribution in [3.63, 3.8) is 0 Å². The molecule has 0 saturated carbocycles. The minimum Gasteiger partial charge on any atom is -0.455 e. The maximum atomic E-state index is 9.87. The van der Waals surface area contributed by atoms with E-state index < -0.39 is 0 Å². The molecule has 2 aromatic heterocycles. The summed E-state index contributed by atoms with van der Waals surface area (Å²) in [5.41, 5.74) is 7.53. The third-order valence-electron chi connectivity index (χ3n) is 5.49. The maximum absolute atomic E-state index is 9.87. The van der Waals surface area contributed by atoms with Gasteiger partial charge < -0.3 is 4.42 Å². The first-order valence-corrected chi connectivity index (χ1v) is 9.58. The average Bonchev–Trinajstić information content (AvgIpc) is 3.13. The summed E-state index contributed by atoms with van der Waals surface area (Å²) in [6, 6.07) is 26.8. The molecule has 5 aromatic rings. The van der Waals surface area contributed by atoms with Crippen LogP contribution in [-0.2, 0) is 7.05 Å². The predicted molar refractivity (Wildman–Crippen MR) is 115 cm³/mol. The van der Waals surface area contributed by atoms with Crippen molar-refractivity contribution in [1.82, 2.24) is 0 Å². The Kier molecular flexibility index (Phi) is 3.93. The molecular weight excluding hydrogens is 356 g/mol. The first-order valence-electron chi connectivity index (χ1n) is 9.58. The number of nitriles is 1. The lowest BCUT2D eigenvalue weighted by Gasteiger charge is -2.05. The van der Waals surface area contributed by atoms with Crippen LogP contribution in [0.3, 0.4) is 0 Å². The minimum atomic E-state index is 0.632. The van der Waals surface area contributed by atoms with Gasteiger partial charge in [0.1, 0.15) is 18.2 Å². The first kappa shape index (κ1) is 17.2. The van der Waals surface area contributed by atoms with Gasteiger partial charge in [0.2, 0.25) is 5.69 Å². The van der Waals surface area contributed by atoms with E-state index in [-0.39, 0.29) is 0 Å². The Morgan fingerprint density at radius 1 is 0.897 bits per heavy atom. The third-order valence-corrected chi connectivity index (χ3v) is 5.49. The lowest BCUT2D eigenvalue weighted by molar-refractivity contribution is -0.660. The van der Waals surface area contributed by atoms with Gasteiger partial charge in [0.05, 0.1) is 17.2 Å². The van der Waals surface area contributed by atoms with Crippen molar-refractivity contribution in [3.8, 4) is 28.5 Å². The Hall–Kier alpha value is -3.90. The molecule has 0 fully saturated rings. The zero-order chi connectivity index (χ0) is 20.0. The minimum absolute atomic E-state index is 0.632. The van der Waals surface area contributed by atoms with Crippen LogP contribution in [0.25, 0.3) is 44.3 Å². The lowest BCUT2D eigenvalue weighted by Crippen LogP contribution is -2.30. The van der Waals surface area contributed by atoms with Crippen LogP contribution in [0, 0.1) is 18.3 Å². The maximum Gasteiger partial charge on any atom is 0.216 e. The molecule has 3 nitrogen and oxygen atoms in total. The molecule has 0 atom stereocenters. The van der Waals surface area contributed by atoms with Gasteiger partial charge in [0.25, 0.3) is 0 Å². The molecule has 0 bridgehead atoms. The van der Waals surface area contributed by atoms with Crippen molar-refractivity contribution in [3.05, 3.63) is 90.1 Å². The van der Waals surface area contributed by atoms with E-state index in [1.165, 1.54) is 0 Å². The van der Waals surface area contributed by atoms with Crippen LogP contribution < -0.4 is 4.57 Å². The molecule has 3 aromatic carbocycles. The van der Waals surface area contributed by atoms with Crippen molar-refractivity contribution in [1.29, 1.82) is 5.26 Å². The Bertz CT molecular complexity index is 1420. The zero-order valence-corrected chi connectivity index (χ0v) is 16.3. The molecule has 0 aliphatic heterocycles. The summed E-state index contributed by atoms with van der Waals surface area (Å²) in [6.07, 6.45) is 2.03. The highest BCUT2D eigenvalue weighted by atomic mass is 16.3. The molecule has 5 rings (SSSR count). The summed E-state index contributed by atoms with van der Waals surface area (Å²) >= 11 is 0. The zero-order valence-electron chi connectivity index (χ0n) is 16.3. The van der Waals surface area contributed by atoms with Crippen molar-refractivity contribution < 1.29 is 8.98 Å². The molecule has 0 N–H and O–H groups in total. The van der Waals surface area contributed by atoms with E-state index in [4.69, 9.17) is 4.42 Å². The SMILES string of the molecule is Cc1ccc2c(oc3cc(-c4ccccc4)cc(C#N)c32)c1-c1cccc[n+]1C. The predicted octanol–water partition coefficient (Wildman–Crippen LogP) is 5.92. The largest absolute Gasteiger partial charge is 0.455 e. The van der Waals surface area contributed by atoms with E-state index in [1.807, 2.05) is 67.8 Å². The first-order chi connectivity index (χ1) is 14.2. The Balaban J connectivity index is 1.88. The number of furan rings is 1. The van der Waals surface area contributed by atoms with Gasteiger partial charge in [-0.1, -0.05) is 42.5 Å². The van der Waals surface area contributed by atoms with E-state index >= 15 is 0 Å². The molecule has 2 heterocycles. The summed E-state index contributed by atoms with van der Waals surface area (Å²) in [4.78, 5) is 0. The second-order valence-corrected chi connectivity index (χ2v) is 7.31. The number of rotatable bonds is 2. The molecule has 0 aliphatic carbocycles. The molecule has 0 aliphatic rings. The Morgan fingerprint density at radius 2 is 1.69 bits per heavy atom. The molecule has 0 unspecified atom stereocenters. The normalized spacial score (nSPS) is 11.1. The number of nitrogens with zero attached hydrogens (tertiary/aromatic N) is 2. The summed E-state index contributed by atoms with van der Waals surface area (Å²) in [5.74, 6) is 0. The summed E-state index contributed by atoms with van der Waals surface area (Å²) in [5, 5.41) is 11.7. The molecular formula is C26H19N2O+. The highest BCUT2D eigenvalue weighted by molar-refractivity contribution is 6.12. The van der Waals surface area contributed by atoms with Gasteiger partial charge in [-0.2, -0.15) is 5.26 Å². The van der Waals surface area contributed by atoms with Crippen LogP contribution in [0.15, 0.2) is 83.4 Å². The second-order valence-electron chi connectivity index (χ2n) is 7.31. The number of hydrogen-bond donors (Lipinski definition) is 0. The molecule has 0 amide bonds. The third kappa shape index (κ3) is 2.69.